The summed E-state index contributed by atoms with van der Waals surface area (Å²) in [6.45, 7) is 3.72. The number of unbranched alkanes of at least 4 members (excludes halogenated alkanes) is 34. The van der Waals surface area contributed by atoms with Crippen LogP contribution in [0.1, 0.15) is 271 Å². The predicted octanol–water partition coefficient (Wildman–Crippen LogP) is 12.9. The van der Waals surface area contributed by atoms with Gasteiger partial charge in [0.05, 0.1) is 26.4 Å². The molecule has 2 aliphatic heterocycles. The first-order valence-electron chi connectivity index (χ1n) is 32.6. The molecule has 0 spiro atoms. The fraction of sp³-hybridized carbons (Fsp3) is 0.892. The lowest BCUT2D eigenvalue weighted by molar-refractivity contribution is -0.332. The molecule has 0 saturated carbocycles. The minimum absolute atomic E-state index is 0.0622. The summed E-state index contributed by atoms with van der Waals surface area (Å²) in [4.78, 5) is 13.1. The second-order valence-electron chi connectivity index (χ2n) is 22.9. The van der Waals surface area contributed by atoms with Crippen LogP contribution in [0.2, 0.25) is 0 Å². The number of aliphatic hydroxyl groups excluding tert-OH is 7. The van der Waals surface area contributed by atoms with Gasteiger partial charge in [0.1, 0.15) is 54.9 Å². The largest absolute Gasteiger partial charge is 0.457 e. The van der Waals surface area contributed by atoms with Gasteiger partial charge in [0.2, 0.25) is 0 Å². The van der Waals surface area contributed by atoms with Crippen molar-refractivity contribution >= 4 is 5.97 Å². The summed E-state index contributed by atoms with van der Waals surface area (Å²) in [6.07, 6.45) is 46.3. The molecule has 0 aliphatic carbocycles. The number of rotatable bonds is 54. The maximum Gasteiger partial charge on any atom is 0.306 e. The molecule has 11 unspecified atom stereocenters. The molecule has 14 nitrogen and oxygen atoms in total. The third-order valence-electron chi connectivity index (χ3n) is 15.6. The highest BCUT2D eigenvalue weighted by molar-refractivity contribution is 5.69. The van der Waals surface area contributed by atoms with Crippen LogP contribution in [0.5, 0.6) is 0 Å². The van der Waals surface area contributed by atoms with Gasteiger partial charge in [0.15, 0.2) is 12.6 Å². The molecule has 0 aromatic heterocycles. The van der Waals surface area contributed by atoms with E-state index in [1.807, 2.05) is 0 Å². The highest BCUT2D eigenvalue weighted by atomic mass is 16.7. The van der Waals surface area contributed by atoms with Crippen LogP contribution in [0, 0.1) is 0 Å². The fourth-order valence-corrected chi connectivity index (χ4v) is 10.4. The first-order valence-corrected chi connectivity index (χ1v) is 32.6. The summed E-state index contributed by atoms with van der Waals surface area (Å²) in [5, 5.41) is 72.5. The molecule has 7 N–H and O–H groups in total. The van der Waals surface area contributed by atoms with Gasteiger partial charge in [-0.05, 0) is 70.6 Å². The molecule has 0 amide bonds. The van der Waals surface area contributed by atoms with E-state index in [9.17, 15) is 40.5 Å². The van der Waals surface area contributed by atoms with E-state index in [0.717, 1.165) is 44.9 Å². The first-order chi connectivity index (χ1) is 38.6. The van der Waals surface area contributed by atoms with Crippen molar-refractivity contribution in [1.82, 2.24) is 0 Å². The maximum atomic E-state index is 13.1. The zero-order chi connectivity index (χ0) is 57.2. The lowest BCUT2D eigenvalue weighted by Crippen LogP contribution is -2.61. The summed E-state index contributed by atoms with van der Waals surface area (Å²) in [5.74, 6) is -0.374. The molecule has 2 saturated heterocycles. The van der Waals surface area contributed by atoms with Gasteiger partial charge in [-0.1, -0.05) is 230 Å². The smallest absolute Gasteiger partial charge is 0.306 e. The molecule has 0 radical (unpaired) electrons. The highest BCUT2D eigenvalue weighted by Crippen LogP contribution is 2.27. The zero-order valence-corrected chi connectivity index (χ0v) is 50.1. The average Bonchev–Trinajstić information content (AvgIpc) is 3.46. The number of hydrogen-bond acceptors (Lipinski definition) is 14. The number of allylic oxidation sites excluding steroid dienone is 6. The fourth-order valence-electron chi connectivity index (χ4n) is 10.4. The number of carbonyl (C=O) groups excluding carboxylic acids is 1. The second kappa shape index (κ2) is 51.8. The van der Waals surface area contributed by atoms with E-state index in [1.54, 1.807) is 0 Å². The van der Waals surface area contributed by atoms with E-state index in [1.165, 1.54) is 199 Å². The molecule has 2 aliphatic rings. The van der Waals surface area contributed by atoms with Crippen LogP contribution in [0.3, 0.4) is 0 Å². The lowest BCUT2D eigenvalue weighted by Gasteiger charge is -2.42. The van der Waals surface area contributed by atoms with Crippen molar-refractivity contribution in [2.45, 2.75) is 338 Å². The Labute approximate surface area is 480 Å². The Morgan fingerprint density at radius 1 is 0.418 bits per heavy atom. The molecular weight excluding hydrogens is 1000 g/mol. The Balaban J connectivity index is 1.67. The van der Waals surface area contributed by atoms with E-state index in [4.69, 9.17) is 28.4 Å². The molecule has 0 aromatic carbocycles. The van der Waals surface area contributed by atoms with E-state index >= 15 is 0 Å². The van der Waals surface area contributed by atoms with Crippen LogP contribution in [0.4, 0.5) is 0 Å². The third kappa shape index (κ3) is 37.9. The van der Waals surface area contributed by atoms with E-state index in [0.29, 0.717) is 13.0 Å². The zero-order valence-electron chi connectivity index (χ0n) is 50.1. The van der Waals surface area contributed by atoms with Crippen LogP contribution in [-0.2, 0) is 33.2 Å². The van der Waals surface area contributed by atoms with Crippen LogP contribution in [0.15, 0.2) is 36.5 Å². The van der Waals surface area contributed by atoms with Gasteiger partial charge >= 0.3 is 5.97 Å². The normalized spacial score (nSPS) is 24.2. The van der Waals surface area contributed by atoms with Gasteiger partial charge in [0.25, 0.3) is 0 Å². The quantitative estimate of drug-likeness (QED) is 0.0172. The monoisotopic (exact) mass is 1120 g/mol. The van der Waals surface area contributed by atoms with Crippen molar-refractivity contribution in [3.8, 4) is 0 Å². The minimum Gasteiger partial charge on any atom is -0.457 e. The van der Waals surface area contributed by atoms with Crippen LogP contribution >= 0.6 is 0 Å². The molecule has 79 heavy (non-hydrogen) atoms. The molecule has 11 atom stereocenters. The van der Waals surface area contributed by atoms with E-state index in [-0.39, 0.29) is 25.6 Å². The maximum absolute atomic E-state index is 13.1. The number of esters is 1. The predicted molar refractivity (Wildman–Crippen MR) is 316 cm³/mol. The van der Waals surface area contributed by atoms with Gasteiger partial charge in [-0.2, -0.15) is 0 Å². The summed E-state index contributed by atoms with van der Waals surface area (Å²) in [6, 6.07) is 0. The molecule has 14 heteroatoms. The Hall–Kier alpha value is -1.79. The Bertz CT molecular complexity index is 1450. The van der Waals surface area contributed by atoms with Gasteiger partial charge < -0.3 is 64.2 Å². The Morgan fingerprint density at radius 2 is 0.785 bits per heavy atom. The van der Waals surface area contributed by atoms with Crippen molar-refractivity contribution in [3.05, 3.63) is 36.5 Å². The van der Waals surface area contributed by atoms with Gasteiger partial charge in [-0.25, -0.2) is 0 Å². The summed E-state index contributed by atoms with van der Waals surface area (Å²) >= 11 is 0. The number of hydrogen-bond donors (Lipinski definition) is 7. The van der Waals surface area contributed by atoms with Crippen molar-refractivity contribution in [3.63, 3.8) is 0 Å². The first kappa shape index (κ1) is 73.3. The molecule has 2 heterocycles. The average molecular weight is 1130 g/mol. The van der Waals surface area contributed by atoms with Crippen molar-refractivity contribution in [2.24, 2.45) is 0 Å². The molecule has 2 rings (SSSR count). The van der Waals surface area contributed by atoms with Gasteiger partial charge in [0, 0.05) is 13.0 Å². The van der Waals surface area contributed by atoms with Crippen LogP contribution < -0.4 is 0 Å². The molecule has 2 fully saturated rings. The lowest BCUT2D eigenvalue weighted by atomic mass is 9.98. The van der Waals surface area contributed by atoms with Crippen molar-refractivity contribution in [2.75, 3.05) is 33.0 Å². The standard InChI is InChI=1S/C65H120O14/c1-3-5-7-9-11-13-15-17-19-21-23-25-27-28-30-32-34-36-38-40-42-44-46-48-57(67)77-54(51-74-49-47-45-43-41-39-37-35-33-31-29-26-24-22-20-18-16-14-12-10-8-6-4-2)52-75-64-63(73)61(71)59(69)56(79-64)53-76-65-62(72)60(70)58(68)55(50-66)78-65/h15,17,21-24,54-56,58-66,68-73H,3-14,16,18-20,25-53H2,1-2H3/b17-15-,23-21-,24-22-. The van der Waals surface area contributed by atoms with E-state index < -0.39 is 80.7 Å². The van der Waals surface area contributed by atoms with E-state index in [2.05, 4.69) is 50.3 Å². The van der Waals surface area contributed by atoms with Crippen LogP contribution in [-0.4, -0.2) is 142 Å². The number of ether oxygens (including phenoxy) is 6. The SMILES string of the molecule is CCCCCCC/C=C\C/C=C\CCCCCCCCCCCCCC(=O)OC(COCCCCCCCCCCCC/C=C\CCCCCCCCCC)COC1OC(COC2OC(CO)C(O)C(O)C2O)C(O)C(O)C1O. The van der Waals surface area contributed by atoms with Crippen molar-refractivity contribution in [1.29, 1.82) is 0 Å². The van der Waals surface area contributed by atoms with Gasteiger partial charge in [-0.3, -0.25) is 4.79 Å². The van der Waals surface area contributed by atoms with Crippen LogP contribution in [0.25, 0.3) is 0 Å². The number of aliphatic hydroxyl groups is 7. The summed E-state index contributed by atoms with van der Waals surface area (Å²) < 4.78 is 34.5. The molecular formula is C65H120O14. The molecule has 0 bridgehead atoms. The summed E-state index contributed by atoms with van der Waals surface area (Å²) in [5.41, 5.74) is 0. The number of carbonyl (C=O) groups is 1. The second-order valence-corrected chi connectivity index (χ2v) is 22.9. The molecule has 0 aromatic rings. The Kier molecular flexibility index (Phi) is 48.1. The topological polar surface area (TPSA) is 214 Å². The summed E-state index contributed by atoms with van der Waals surface area (Å²) in [7, 11) is 0. The highest BCUT2D eigenvalue weighted by Gasteiger charge is 2.47. The minimum atomic E-state index is -1.71. The van der Waals surface area contributed by atoms with Gasteiger partial charge in [-0.15, -0.1) is 0 Å². The Morgan fingerprint density at radius 3 is 1.23 bits per heavy atom. The van der Waals surface area contributed by atoms with Crippen molar-refractivity contribution < 1.29 is 69.0 Å². The molecule has 464 valence electrons. The third-order valence-corrected chi connectivity index (χ3v) is 15.6.